The Bertz CT molecular complexity index is 2800. The first-order chi connectivity index (χ1) is 37.6. The fourth-order valence-electron chi connectivity index (χ4n) is 8.89. The molecule has 2 atom stereocenters. The molecule has 0 bridgehead atoms. The number of unbranched alkanes of at least 4 members (excludes halogenated alkanes) is 1. The van der Waals surface area contributed by atoms with Crippen LogP contribution in [0.25, 0.3) is 0 Å². The van der Waals surface area contributed by atoms with Crippen LogP contribution in [0.2, 0.25) is 20.1 Å². The number of hydrogen-bond acceptors (Lipinski definition) is 14. The number of nitrogens with one attached hydrogen (secondary N) is 6. The predicted octanol–water partition coefficient (Wildman–Crippen LogP) is 5.59. The van der Waals surface area contributed by atoms with Gasteiger partial charge in [-0.2, -0.15) is 10.5 Å². The second-order valence-corrected chi connectivity index (χ2v) is 23.6. The first kappa shape index (κ1) is 62.3. The Morgan fingerprint density at radius 1 is 0.551 bits per heavy atom. The number of ether oxygens (including phenoxy) is 4. The molecule has 78 heavy (non-hydrogen) atoms. The minimum atomic E-state index is -3.80. The van der Waals surface area contributed by atoms with E-state index in [1.807, 2.05) is 38.4 Å². The third kappa shape index (κ3) is 19.5. The number of rotatable bonds is 29. The van der Waals surface area contributed by atoms with Gasteiger partial charge in [-0.25, -0.2) is 26.3 Å². The zero-order valence-electron chi connectivity index (χ0n) is 43.5. The van der Waals surface area contributed by atoms with Crippen molar-refractivity contribution < 1.29 is 35.8 Å². The number of fused-ring (bicyclic) bond motifs is 2. The van der Waals surface area contributed by atoms with Crippen LogP contribution in [-0.2, 0) is 52.1 Å². The SMILES string of the molecule is CN1Cc2c(Cl)cc(Cl)cc2[C@@H](c2cccc(S(=O)(=O)NCCOCCOCCN/C(=N\C#N)NCCCCN/C(=N/C#N)NCCOCCOCCNS(=O)(=O)c3cccc([C@@H]4CN(C)Cc5c(Cl)cc(Cl)cc54)c3)c2)C1. The summed E-state index contributed by atoms with van der Waals surface area (Å²) in [6, 6.07) is 21.1. The normalized spacial score (nSPS) is 16.2. The van der Waals surface area contributed by atoms with E-state index in [-0.39, 0.29) is 74.4 Å². The van der Waals surface area contributed by atoms with Crippen molar-refractivity contribution >= 4 is 78.4 Å². The maximum absolute atomic E-state index is 13.2. The van der Waals surface area contributed by atoms with Gasteiger partial charge in [0.1, 0.15) is 0 Å². The molecule has 26 heteroatoms. The van der Waals surface area contributed by atoms with Gasteiger partial charge in [-0.3, -0.25) is 0 Å². The molecular formula is C52H66Cl4N12O8S2. The molecule has 0 unspecified atom stereocenters. The van der Waals surface area contributed by atoms with E-state index >= 15 is 0 Å². The maximum atomic E-state index is 13.2. The summed E-state index contributed by atoms with van der Waals surface area (Å²) in [5.41, 5.74) is 5.66. The van der Waals surface area contributed by atoms with Crippen LogP contribution in [0.15, 0.2) is 92.6 Å². The summed E-state index contributed by atoms with van der Waals surface area (Å²) in [5, 5.41) is 32.8. The molecule has 2 aliphatic rings. The molecule has 0 radical (unpaired) electrons. The maximum Gasteiger partial charge on any atom is 0.240 e. The number of guanidine groups is 2. The number of aliphatic imine (C=N–C) groups is 2. The average Bonchev–Trinajstić information content (AvgIpc) is 3.50. The van der Waals surface area contributed by atoms with Gasteiger partial charge >= 0.3 is 0 Å². The Balaban J connectivity index is 0.753. The van der Waals surface area contributed by atoms with Crippen molar-refractivity contribution in [3.8, 4) is 12.4 Å². The molecule has 2 aliphatic heterocycles. The third-order valence-corrected chi connectivity index (χ3v) is 16.6. The Morgan fingerprint density at radius 2 is 0.923 bits per heavy atom. The van der Waals surface area contributed by atoms with Gasteiger partial charge in [0.15, 0.2) is 0 Å². The molecule has 0 aromatic heterocycles. The van der Waals surface area contributed by atoms with Crippen molar-refractivity contribution in [3.05, 3.63) is 126 Å². The summed E-state index contributed by atoms with van der Waals surface area (Å²) in [4.78, 5) is 12.2. The van der Waals surface area contributed by atoms with E-state index in [2.05, 4.69) is 50.5 Å². The molecule has 0 saturated carbocycles. The summed E-state index contributed by atoms with van der Waals surface area (Å²) in [6.07, 6.45) is 4.98. The first-order valence-corrected chi connectivity index (χ1v) is 29.8. The molecule has 20 nitrogen and oxygen atoms in total. The summed E-state index contributed by atoms with van der Waals surface area (Å²) < 4.78 is 80.4. The molecule has 4 aromatic rings. The van der Waals surface area contributed by atoms with Gasteiger partial charge in [-0.05, 0) is 109 Å². The smallest absolute Gasteiger partial charge is 0.240 e. The van der Waals surface area contributed by atoms with E-state index in [9.17, 15) is 16.8 Å². The van der Waals surface area contributed by atoms with E-state index < -0.39 is 20.0 Å². The number of hydrogen-bond donors (Lipinski definition) is 6. The van der Waals surface area contributed by atoms with E-state index in [0.717, 1.165) is 33.4 Å². The van der Waals surface area contributed by atoms with Crippen LogP contribution in [0, 0.1) is 22.9 Å². The highest BCUT2D eigenvalue weighted by atomic mass is 35.5. The minimum Gasteiger partial charge on any atom is -0.378 e. The fourth-order valence-corrected chi connectivity index (χ4v) is 12.2. The lowest BCUT2D eigenvalue weighted by Crippen LogP contribution is -2.40. The first-order valence-electron chi connectivity index (χ1n) is 25.3. The standard InChI is InChI=1S/C52H66Cl4N12O8S2/c1-67-31-45(43-27-39(53)29-49(55)47(43)33-67)37-7-5-9-41(25-37)77(69,70)65-15-19-75-23-21-73-17-13-61-51(63-35-57)59-11-3-4-12-60-52(64-36-58)62-14-18-74-22-24-76-20-16-66-78(71,72)42-10-6-8-38(26-42)46-32-68(2)34-48-44(46)28-40(54)30-50(48)56/h5-10,25-30,45-46,65-66H,3-4,11-24,31-34H2,1-2H3,(H2,59,61,63)(H2,60,62,64)/t45-,46+. The third-order valence-electron chi connectivity index (χ3n) is 12.5. The molecular weight excluding hydrogens is 1130 g/mol. The molecule has 0 spiro atoms. The zero-order chi connectivity index (χ0) is 55.9. The molecule has 0 saturated heterocycles. The Labute approximate surface area is 477 Å². The Kier molecular flexibility index (Phi) is 25.4. The van der Waals surface area contributed by atoms with Gasteiger partial charge in [0.05, 0.1) is 62.6 Å². The molecule has 6 N–H and O–H groups in total. The Hall–Kier alpha value is -4.86. The Morgan fingerprint density at radius 3 is 1.31 bits per heavy atom. The van der Waals surface area contributed by atoms with Gasteiger partial charge in [-0.15, -0.1) is 9.98 Å². The average molecular weight is 1190 g/mol. The number of benzene rings is 4. The van der Waals surface area contributed by atoms with Crippen LogP contribution in [0.1, 0.15) is 58.1 Å². The van der Waals surface area contributed by atoms with Crippen LogP contribution in [0.5, 0.6) is 0 Å². The monoisotopic (exact) mass is 1190 g/mol. The number of sulfonamides is 2. The second-order valence-electron chi connectivity index (χ2n) is 18.3. The molecule has 422 valence electrons. The van der Waals surface area contributed by atoms with Crippen molar-refractivity contribution in [2.75, 3.05) is 119 Å². The van der Waals surface area contributed by atoms with Gasteiger partial charge < -0.3 is 50.0 Å². The predicted molar refractivity (Wildman–Crippen MR) is 303 cm³/mol. The van der Waals surface area contributed by atoms with Crippen molar-refractivity contribution in [2.45, 2.75) is 47.6 Å². The molecule has 0 aliphatic carbocycles. The quantitative estimate of drug-likeness (QED) is 0.0168. The lowest BCUT2D eigenvalue weighted by atomic mass is 9.85. The second kappa shape index (κ2) is 31.8. The molecule has 4 aromatic carbocycles. The highest BCUT2D eigenvalue weighted by molar-refractivity contribution is 7.89. The van der Waals surface area contributed by atoms with Crippen LogP contribution < -0.4 is 30.7 Å². The molecule has 6 rings (SSSR count). The van der Waals surface area contributed by atoms with Crippen LogP contribution >= 0.6 is 46.4 Å². The lowest BCUT2D eigenvalue weighted by molar-refractivity contribution is 0.0520. The summed E-state index contributed by atoms with van der Waals surface area (Å²) >= 11 is 25.7. The summed E-state index contributed by atoms with van der Waals surface area (Å²) in [5.74, 6) is 0.415. The van der Waals surface area contributed by atoms with Crippen LogP contribution in [0.3, 0.4) is 0 Å². The summed E-state index contributed by atoms with van der Waals surface area (Å²) in [6.45, 7) is 6.63. The van der Waals surface area contributed by atoms with Crippen molar-refractivity contribution in [3.63, 3.8) is 0 Å². The van der Waals surface area contributed by atoms with Gasteiger partial charge in [0.2, 0.25) is 44.4 Å². The van der Waals surface area contributed by atoms with Crippen molar-refractivity contribution in [2.24, 2.45) is 9.98 Å². The largest absolute Gasteiger partial charge is 0.378 e. The lowest BCUT2D eigenvalue weighted by Gasteiger charge is -2.33. The van der Waals surface area contributed by atoms with Crippen LogP contribution in [-0.4, -0.2) is 158 Å². The zero-order valence-corrected chi connectivity index (χ0v) is 48.2. The number of nitrogens with zero attached hydrogens (tertiary/aromatic N) is 6. The number of halogens is 4. The number of likely N-dealkylation sites (N-methyl/N-ethyl adjacent to an activating group) is 2. The number of nitriles is 2. The van der Waals surface area contributed by atoms with Crippen molar-refractivity contribution in [1.29, 1.82) is 10.5 Å². The van der Waals surface area contributed by atoms with E-state index in [4.69, 9.17) is 75.9 Å². The van der Waals surface area contributed by atoms with Crippen LogP contribution in [0.4, 0.5) is 0 Å². The molecule has 0 fully saturated rings. The fraction of sp³-hybridized carbons (Fsp3) is 0.462. The molecule has 2 heterocycles. The van der Waals surface area contributed by atoms with Gasteiger partial charge in [0.25, 0.3) is 0 Å². The van der Waals surface area contributed by atoms with E-state index in [1.165, 1.54) is 0 Å². The van der Waals surface area contributed by atoms with E-state index in [0.29, 0.717) is 110 Å². The van der Waals surface area contributed by atoms with E-state index in [1.54, 1.807) is 60.9 Å². The molecule has 0 amide bonds. The topological polar surface area (TPSA) is 256 Å². The van der Waals surface area contributed by atoms with Gasteiger partial charge in [-0.1, -0.05) is 70.7 Å². The highest BCUT2D eigenvalue weighted by Crippen LogP contribution is 2.40. The van der Waals surface area contributed by atoms with Gasteiger partial charge in [0, 0.05) is 97.4 Å². The van der Waals surface area contributed by atoms with Crippen molar-refractivity contribution in [1.82, 2.24) is 40.5 Å². The highest BCUT2D eigenvalue weighted by Gasteiger charge is 2.30. The summed E-state index contributed by atoms with van der Waals surface area (Å²) in [7, 11) is -3.61. The minimum absolute atomic E-state index is 0.0764.